The van der Waals surface area contributed by atoms with Gasteiger partial charge in [-0.05, 0) is 31.6 Å². The second kappa shape index (κ2) is 5.74. The van der Waals surface area contributed by atoms with E-state index in [0.29, 0.717) is 0 Å². The minimum atomic E-state index is 0.927. The molecule has 0 saturated heterocycles. The second-order valence-corrected chi connectivity index (χ2v) is 4.10. The lowest BCUT2D eigenvalue weighted by Crippen LogP contribution is -1.90. The Hall–Kier alpha value is -2.03. The maximum absolute atomic E-state index is 4.63. The molecule has 3 nitrogen and oxygen atoms in total. The van der Waals surface area contributed by atoms with Crippen molar-refractivity contribution in [2.45, 2.75) is 34.1 Å². The first-order valence-electron chi connectivity index (χ1n) is 6.96. The Bertz CT molecular complexity index is 701. The van der Waals surface area contributed by atoms with Crippen molar-refractivity contribution in [1.82, 2.24) is 14.4 Å². The summed E-state index contributed by atoms with van der Waals surface area (Å²) in [7, 11) is 0. The maximum atomic E-state index is 4.63. The van der Waals surface area contributed by atoms with Gasteiger partial charge in [0, 0.05) is 0 Å². The average molecular weight is 255 g/mol. The first-order valence-corrected chi connectivity index (χ1v) is 6.96. The highest BCUT2D eigenvalue weighted by Gasteiger charge is 2.12. The SMILES string of the molecule is C/C=C\c1nc2[nH]c3ccccc3n2c1CC.CC. The number of aromatic amines is 1. The number of hydrogen-bond donors (Lipinski definition) is 1. The molecule has 0 unspecified atom stereocenters. The lowest BCUT2D eigenvalue weighted by atomic mass is 10.2. The predicted octanol–water partition coefficient (Wildman–Crippen LogP) is 4.44. The molecule has 3 rings (SSSR count). The number of rotatable bonds is 2. The molecule has 0 amide bonds. The van der Waals surface area contributed by atoms with Crippen LogP contribution in [0.1, 0.15) is 39.1 Å². The van der Waals surface area contributed by atoms with Gasteiger partial charge in [-0.3, -0.25) is 4.40 Å². The van der Waals surface area contributed by atoms with Crippen LogP contribution in [0.4, 0.5) is 0 Å². The van der Waals surface area contributed by atoms with Gasteiger partial charge >= 0.3 is 0 Å². The number of aromatic nitrogens is 3. The zero-order valence-electron chi connectivity index (χ0n) is 12.1. The molecule has 0 radical (unpaired) electrons. The molecule has 3 aromatic rings. The Kier molecular flexibility index (Phi) is 4.05. The number of fused-ring (bicyclic) bond motifs is 3. The van der Waals surface area contributed by atoms with Crippen LogP contribution in [0, 0.1) is 0 Å². The van der Waals surface area contributed by atoms with Crippen molar-refractivity contribution in [1.29, 1.82) is 0 Å². The molecule has 0 aliphatic heterocycles. The largest absolute Gasteiger partial charge is 0.323 e. The van der Waals surface area contributed by atoms with Crippen LogP contribution >= 0.6 is 0 Å². The average Bonchev–Trinajstić information content (AvgIpc) is 2.96. The minimum Gasteiger partial charge on any atom is -0.323 e. The first-order chi connectivity index (χ1) is 9.35. The van der Waals surface area contributed by atoms with Crippen molar-refractivity contribution >= 4 is 22.9 Å². The highest BCUT2D eigenvalue weighted by Crippen LogP contribution is 2.21. The third kappa shape index (κ3) is 2.16. The number of hydrogen-bond acceptors (Lipinski definition) is 1. The molecule has 0 saturated carbocycles. The zero-order chi connectivity index (χ0) is 13.8. The minimum absolute atomic E-state index is 0.927. The van der Waals surface area contributed by atoms with Crippen LogP contribution in [-0.4, -0.2) is 14.4 Å². The molecule has 2 heterocycles. The van der Waals surface area contributed by atoms with Crippen LogP contribution in [0.2, 0.25) is 0 Å². The number of nitrogens with zero attached hydrogens (tertiary/aromatic N) is 2. The van der Waals surface area contributed by atoms with Gasteiger partial charge in [-0.2, -0.15) is 0 Å². The van der Waals surface area contributed by atoms with Crippen LogP contribution in [0.25, 0.3) is 22.9 Å². The van der Waals surface area contributed by atoms with E-state index in [0.717, 1.165) is 23.4 Å². The van der Waals surface area contributed by atoms with Crippen LogP contribution < -0.4 is 0 Å². The van der Waals surface area contributed by atoms with Crippen LogP contribution in [0.15, 0.2) is 30.3 Å². The van der Waals surface area contributed by atoms with E-state index in [1.54, 1.807) is 0 Å². The summed E-state index contributed by atoms with van der Waals surface area (Å²) < 4.78 is 2.21. The van der Waals surface area contributed by atoms with Gasteiger partial charge < -0.3 is 4.98 Å². The van der Waals surface area contributed by atoms with Crippen molar-refractivity contribution < 1.29 is 0 Å². The Morgan fingerprint density at radius 1 is 1.26 bits per heavy atom. The molecule has 0 spiro atoms. The van der Waals surface area contributed by atoms with E-state index < -0.39 is 0 Å². The van der Waals surface area contributed by atoms with Crippen LogP contribution in [-0.2, 0) is 6.42 Å². The van der Waals surface area contributed by atoms with Gasteiger partial charge in [0.15, 0.2) is 0 Å². The molecule has 100 valence electrons. The number of nitrogens with one attached hydrogen (secondary N) is 1. The molecule has 0 aliphatic rings. The van der Waals surface area contributed by atoms with Crippen molar-refractivity contribution in [2.24, 2.45) is 0 Å². The van der Waals surface area contributed by atoms with Gasteiger partial charge in [0.1, 0.15) is 0 Å². The standard InChI is InChI=1S/C14H15N3.C2H6/c1-3-7-10-12(4-2)17-13-9-6-5-8-11(13)16-14(17)15-10;1-2/h3,5-9H,4H2,1-2H3,(H,15,16);1-2H3/b7-3-;. The van der Waals surface area contributed by atoms with Gasteiger partial charge in [-0.25, -0.2) is 4.98 Å². The van der Waals surface area contributed by atoms with E-state index in [9.17, 15) is 0 Å². The number of allylic oxidation sites excluding steroid dienone is 1. The lowest BCUT2D eigenvalue weighted by Gasteiger charge is -1.98. The molecule has 1 N–H and O–H groups in total. The monoisotopic (exact) mass is 255 g/mol. The summed E-state index contributed by atoms with van der Waals surface area (Å²) >= 11 is 0. The fourth-order valence-electron chi connectivity index (χ4n) is 2.34. The number of imidazole rings is 2. The van der Waals surface area contributed by atoms with E-state index in [4.69, 9.17) is 0 Å². The molecule has 3 heteroatoms. The summed E-state index contributed by atoms with van der Waals surface area (Å²) in [5.74, 6) is 0.927. The Morgan fingerprint density at radius 2 is 2.00 bits per heavy atom. The number of aryl methyl sites for hydroxylation is 1. The third-order valence-corrected chi connectivity index (χ3v) is 3.05. The van der Waals surface area contributed by atoms with Crippen molar-refractivity contribution in [3.05, 3.63) is 41.7 Å². The maximum Gasteiger partial charge on any atom is 0.212 e. The molecule has 19 heavy (non-hydrogen) atoms. The normalized spacial score (nSPS) is 11.2. The summed E-state index contributed by atoms with van der Waals surface area (Å²) in [5, 5.41) is 0. The topological polar surface area (TPSA) is 33.1 Å². The molecular weight excluding hydrogens is 234 g/mol. The Balaban J connectivity index is 0.000000637. The van der Waals surface area contributed by atoms with Gasteiger partial charge in [-0.15, -0.1) is 0 Å². The van der Waals surface area contributed by atoms with Gasteiger partial charge in [0.2, 0.25) is 5.78 Å². The highest BCUT2D eigenvalue weighted by atomic mass is 15.1. The summed E-state index contributed by atoms with van der Waals surface area (Å²) in [6.07, 6.45) is 5.07. The summed E-state index contributed by atoms with van der Waals surface area (Å²) in [6, 6.07) is 8.30. The first kappa shape index (κ1) is 13.4. The van der Waals surface area contributed by atoms with Gasteiger partial charge in [0.25, 0.3) is 0 Å². The summed E-state index contributed by atoms with van der Waals surface area (Å²) in [4.78, 5) is 7.98. The fraction of sp³-hybridized carbons (Fsp3) is 0.312. The summed E-state index contributed by atoms with van der Waals surface area (Å²) in [6.45, 7) is 8.18. The number of H-pyrrole nitrogens is 1. The molecule has 0 fully saturated rings. The zero-order valence-corrected chi connectivity index (χ0v) is 12.1. The molecule has 0 bridgehead atoms. The van der Waals surface area contributed by atoms with E-state index in [2.05, 4.69) is 45.6 Å². The van der Waals surface area contributed by atoms with Crippen molar-refractivity contribution in [3.63, 3.8) is 0 Å². The van der Waals surface area contributed by atoms with Crippen LogP contribution in [0.3, 0.4) is 0 Å². The van der Waals surface area contributed by atoms with Crippen LogP contribution in [0.5, 0.6) is 0 Å². The smallest absolute Gasteiger partial charge is 0.212 e. The number of para-hydroxylation sites is 2. The number of benzene rings is 1. The molecule has 0 aliphatic carbocycles. The van der Waals surface area contributed by atoms with Gasteiger partial charge in [0.05, 0.1) is 22.4 Å². The summed E-state index contributed by atoms with van der Waals surface area (Å²) in [5.41, 5.74) is 4.65. The quantitative estimate of drug-likeness (QED) is 0.721. The Morgan fingerprint density at radius 3 is 2.68 bits per heavy atom. The third-order valence-electron chi connectivity index (χ3n) is 3.05. The molecular formula is C16H21N3. The molecule has 2 aromatic heterocycles. The van der Waals surface area contributed by atoms with E-state index in [1.807, 2.05) is 32.9 Å². The fourth-order valence-corrected chi connectivity index (χ4v) is 2.34. The lowest BCUT2D eigenvalue weighted by molar-refractivity contribution is 1.02. The van der Waals surface area contributed by atoms with E-state index >= 15 is 0 Å². The highest BCUT2D eigenvalue weighted by molar-refractivity contribution is 5.80. The van der Waals surface area contributed by atoms with Crippen molar-refractivity contribution in [2.75, 3.05) is 0 Å². The Labute approximate surface area is 114 Å². The predicted molar refractivity (Wildman–Crippen MR) is 82.5 cm³/mol. The van der Waals surface area contributed by atoms with E-state index in [-0.39, 0.29) is 0 Å². The van der Waals surface area contributed by atoms with Crippen molar-refractivity contribution in [3.8, 4) is 0 Å². The van der Waals surface area contributed by atoms with Gasteiger partial charge in [-0.1, -0.05) is 39.0 Å². The molecule has 1 aromatic carbocycles. The second-order valence-electron chi connectivity index (χ2n) is 4.10. The molecule has 0 atom stereocenters. The van der Waals surface area contributed by atoms with E-state index in [1.165, 1.54) is 11.2 Å².